The van der Waals surface area contributed by atoms with E-state index in [4.69, 9.17) is 18.8 Å². The maximum atomic E-state index is 6.47. The van der Waals surface area contributed by atoms with E-state index in [1.54, 1.807) is 0 Å². The van der Waals surface area contributed by atoms with E-state index in [-0.39, 0.29) is 0 Å². The molecule has 4 nitrogen and oxygen atoms in total. The van der Waals surface area contributed by atoms with Crippen molar-refractivity contribution in [3.05, 3.63) is 133 Å². The van der Waals surface area contributed by atoms with Crippen LogP contribution in [0, 0.1) is 0 Å². The normalized spacial score (nSPS) is 12.1. The van der Waals surface area contributed by atoms with Crippen LogP contribution in [0.5, 0.6) is 0 Å². The number of aromatic nitrogens is 2. The first-order valence-electron chi connectivity index (χ1n) is 14.7. The fraction of sp³-hybridized carbons (Fsp3) is 0. The Morgan fingerprint density at radius 3 is 1.93 bits per heavy atom. The Labute approximate surface area is 251 Å². The Kier molecular flexibility index (Phi) is 4.69. The van der Waals surface area contributed by atoms with Crippen LogP contribution < -0.4 is 0 Å². The summed E-state index contributed by atoms with van der Waals surface area (Å²) in [6, 6.07) is 46.1. The molecule has 0 unspecified atom stereocenters. The van der Waals surface area contributed by atoms with E-state index in [0.717, 1.165) is 55.6 Å². The molecule has 0 aliphatic rings. The number of fused-ring (bicyclic) bond motifs is 6. The molecule has 0 N–H and O–H groups in total. The van der Waals surface area contributed by atoms with Gasteiger partial charge in [-0.3, -0.25) is 0 Å². The van der Waals surface area contributed by atoms with E-state index in [9.17, 15) is 0 Å². The molecule has 44 heavy (non-hydrogen) atoms. The lowest BCUT2D eigenvalue weighted by atomic mass is 9.92. The summed E-state index contributed by atoms with van der Waals surface area (Å²) < 4.78 is 12.8. The van der Waals surface area contributed by atoms with Gasteiger partial charge in [0, 0.05) is 27.3 Å². The molecule has 204 valence electrons. The molecule has 7 aromatic carbocycles. The Balaban J connectivity index is 1.21. The first-order chi connectivity index (χ1) is 21.8. The third-order valence-electron chi connectivity index (χ3n) is 8.83. The summed E-state index contributed by atoms with van der Waals surface area (Å²) in [5.41, 5.74) is 9.01. The minimum atomic E-state index is 0.658. The first kappa shape index (κ1) is 23.6. The number of rotatable bonds is 3. The van der Waals surface area contributed by atoms with Gasteiger partial charge in [-0.25, -0.2) is 9.97 Å². The fourth-order valence-corrected chi connectivity index (χ4v) is 6.85. The number of hydrogen-bond acceptors (Lipinski definition) is 4. The molecule has 0 spiro atoms. The van der Waals surface area contributed by atoms with E-state index < -0.39 is 0 Å². The fourth-order valence-electron chi connectivity index (χ4n) is 6.85. The number of furan rings is 2. The molecule has 0 amide bonds. The standard InChI is InChI=1S/C40H22N2O2/c1-2-10-23(11-3-1)37-39-38(30-16-6-7-18-32(30)44-39)42-40(41-37)25-13-8-12-24(20-25)26-21-31-28-15-5-4-14-27(28)29-17-9-19-33-35(29)36(31)34(22-26)43-33/h1-22H. The second kappa shape index (κ2) is 8.76. The molecule has 0 radical (unpaired) electrons. The molecule has 3 heterocycles. The van der Waals surface area contributed by atoms with Crippen molar-refractivity contribution >= 4 is 65.6 Å². The van der Waals surface area contributed by atoms with Gasteiger partial charge in [-0.05, 0) is 69.1 Å². The summed E-state index contributed by atoms with van der Waals surface area (Å²) in [5.74, 6) is 0.658. The molecule has 0 saturated carbocycles. The van der Waals surface area contributed by atoms with E-state index in [1.807, 2.05) is 36.4 Å². The average molecular weight is 563 g/mol. The van der Waals surface area contributed by atoms with Crippen LogP contribution in [-0.4, -0.2) is 9.97 Å². The van der Waals surface area contributed by atoms with Crippen molar-refractivity contribution in [1.29, 1.82) is 0 Å². The Morgan fingerprint density at radius 1 is 0.386 bits per heavy atom. The molecule has 0 saturated heterocycles. The lowest BCUT2D eigenvalue weighted by molar-refractivity contribution is 0.667. The minimum absolute atomic E-state index is 0.658. The Morgan fingerprint density at radius 2 is 1.05 bits per heavy atom. The zero-order valence-corrected chi connectivity index (χ0v) is 23.4. The van der Waals surface area contributed by atoms with Gasteiger partial charge in [-0.15, -0.1) is 0 Å². The van der Waals surface area contributed by atoms with Gasteiger partial charge in [0.05, 0.1) is 0 Å². The Hall–Kier alpha value is -6.00. The quantitative estimate of drug-likeness (QED) is 0.201. The van der Waals surface area contributed by atoms with Crippen LogP contribution in [0.15, 0.2) is 142 Å². The van der Waals surface area contributed by atoms with Crippen LogP contribution in [0.2, 0.25) is 0 Å². The van der Waals surface area contributed by atoms with Gasteiger partial charge in [0.1, 0.15) is 28.0 Å². The number of para-hydroxylation sites is 1. The maximum Gasteiger partial charge on any atom is 0.180 e. The van der Waals surface area contributed by atoms with Crippen LogP contribution >= 0.6 is 0 Å². The monoisotopic (exact) mass is 562 g/mol. The van der Waals surface area contributed by atoms with E-state index in [1.165, 1.54) is 32.3 Å². The molecule has 0 aliphatic carbocycles. The van der Waals surface area contributed by atoms with Crippen molar-refractivity contribution in [3.8, 4) is 33.8 Å². The zero-order chi connectivity index (χ0) is 28.8. The summed E-state index contributed by atoms with van der Waals surface area (Å²) >= 11 is 0. The van der Waals surface area contributed by atoms with Crippen molar-refractivity contribution in [2.24, 2.45) is 0 Å². The molecule has 0 aliphatic heterocycles. The predicted octanol–water partition coefficient (Wildman–Crippen LogP) is 11.0. The summed E-state index contributed by atoms with van der Waals surface area (Å²) in [6.07, 6.45) is 0. The zero-order valence-electron chi connectivity index (χ0n) is 23.4. The Bertz CT molecular complexity index is 2720. The van der Waals surface area contributed by atoms with Crippen molar-refractivity contribution in [2.75, 3.05) is 0 Å². The van der Waals surface area contributed by atoms with Crippen molar-refractivity contribution in [2.45, 2.75) is 0 Å². The van der Waals surface area contributed by atoms with Crippen LogP contribution in [0.1, 0.15) is 0 Å². The largest absolute Gasteiger partial charge is 0.456 e. The number of hydrogen-bond donors (Lipinski definition) is 0. The van der Waals surface area contributed by atoms with Gasteiger partial charge in [-0.2, -0.15) is 0 Å². The van der Waals surface area contributed by atoms with Gasteiger partial charge >= 0.3 is 0 Å². The predicted molar refractivity (Wildman–Crippen MR) is 179 cm³/mol. The summed E-state index contributed by atoms with van der Waals surface area (Å²) in [7, 11) is 0. The highest BCUT2D eigenvalue weighted by molar-refractivity contribution is 6.33. The molecule has 3 aromatic heterocycles. The third-order valence-corrected chi connectivity index (χ3v) is 8.83. The second-order valence-electron chi connectivity index (χ2n) is 11.3. The van der Waals surface area contributed by atoms with Gasteiger partial charge in [0.25, 0.3) is 0 Å². The SMILES string of the molecule is c1ccc(-c2nc(-c3cccc(-c4cc5oc6cccc7c8ccccc8c(c4)c5c67)c3)nc3c2oc2ccccc23)cc1. The van der Waals surface area contributed by atoms with Crippen molar-refractivity contribution in [1.82, 2.24) is 9.97 Å². The van der Waals surface area contributed by atoms with E-state index in [0.29, 0.717) is 11.4 Å². The van der Waals surface area contributed by atoms with Crippen molar-refractivity contribution < 1.29 is 8.83 Å². The summed E-state index contributed by atoms with van der Waals surface area (Å²) in [4.78, 5) is 10.2. The summed E-state index contributed by atoms with van der Waals surface area (Å²) in [5, 5.41) is 8.25. The van der Waals surface area contributed by atoms with Crippen LogP contribution in [0.4, 0.5) is 0 Å². The molecule has 10 rings (SSSR count). The lowest BCUT2D eigenvalue weighted by Gasteiger charge is -2.11. The molecule has 4 heteroatoms. The van der Waals surface area contributed by atoms with E-state index >= 15 is 0 Å². The minimum Gasteiger partial charge on any atom is -0.456 e. The number of benzene rings is 7. The van der Waals surface area contributed by atoms with E-state index in [2.05, 4.69) is 97.1 Å². The van der Waals surface area contributed by atoms with Crippen LogP contribution in [0.25, 0.3) is 99.3 Å². The van der Waals surface area contributed by atoms with Crippen molar-refractivity contribution in [3.63, 3.8) is 0 Å². The molecule has 10 aromatic rings. The lowest BCUT2D eigenvalue weighted by Crippen LogP contribution is -1.94. The molecule has 0 atom stereocenters. The van der Waals surface area contributed by atoms with Gasteiger partial charge in [0.2, 0.25) is 0 Å². The highest BCUT2D eigenvalue weighted by atomic mass is 16.3. The molecule has 0 fully saturated rings. The highest BCUT2D eigenvalue weighted by Gasteiger charge is 2.20. The summed E-state index contributed by atoms with van der Waals surface area (Å²) in [6.45, 7) is 0. The average Bonchev–Trinajstić information content (AvgIpc) is 3.66. The second-order valence-corrected chi connectivity index (χ2v) is 11.3. The first-order valence-corrected chi connectivity index (χ1v) is 14.7. The van der Waals surface area contributed by atoms with Gasteiger partial charge < -0.3 is 8.83 Å². The maximum absolute atomic E-state index is 6.47. The highest BCUT2D eigenvalue weighted by Crippen LogP contribution is 2.44. The number of nitrogens with zero attached hydrogens (tertiary/aromatic N) is 2. The van der Waals surface area contributed by atoms with Gasteiger partial charge in [0.15, 0.2) is 11.4 Å². The van der Waals surface area contributed by atoms with Gasteiger partial charge in [-0.1, -0.05) is 97.1 Å². The third kappa shape index (κ3) is 3.28. The van der Waals surface area contributed by atoms with Crippen LogP contribution in [-0.2, 0) is 0 Å². The smallest absolute Gasteiger partial charge is 0.180 e. The molecule has 0 bridgehead atoms. The van der Waals surface area contributed by atoms with Crippen LogP contribution in [0.3, 0.4) is 0 Å². The topological polar surface area (TPSA) is 52.1 Å². The molecular weight excluding hydrogens is 540 g/mol. The molecular formula is C40H22N2O2.